The van der Waals surface area contributed by atoms with Gasteiger partial charge in [0.15, 0.2) is 0 Å². The van der Waals surface area contributed by atoms with Gasteiger partial charge in [-0.3, -0.25) is 4.98 Å². The van der Waals surface area contributed by atoms with Gasteiger partial charge in [0.25, 0.3) is 0 Å². The van der Waals surface area contributed by atoms with Crippen LogP contribution in [0.3, 0.4) is 0 Å². The minimum atomic E-state index is 0.344. The van der Waals surface area contributed by atoms with Gasteiger partial charge in [-0.15, -0.1) is 0 Å². The fraction of sp³-hybridized carbons (Fsp3) is 0.429. The molecule has 0 saturated carbocycles. The van der Waals surface area contributed by atoms with Crippen LogP contribution in [0.5, 0.6) is 0 Å². The minimum absolute atomic E-state index is 0.344. The van der Waals surface area contributed by atoms with E-state index in [4.69, 9.17) is 5.73 Å². The second-order valence-corrected chi connectivity index (χ2v) is 4.98. The highest BCUT2D eigenvalue weighted by atomic mass is 15.2. The number of anilines is 1. The smallest absolute Gasteiger partial charge is 0.137 e. The van der Waals surface area contributed by atoms with Crippen molar-refractivity contribution in [2.75, 3.05) is 18.0 Å². The van der Waals surface area contributed by atoms with E-state index in [1.54, 1.807) is 0 Å². The lowest BCUT2D eigenvalue weighted by Gasteiger charge is -2.31. The third-order valence-corrected chi connectivity index (χ3v) is 3.57. The van der Waals surface area contributed by atoms with Gasteiger partial charge in [0.05, 0.1) is 5.52 Å². The number of hydrogen-bond donors (Lipinski definition) is 1. The van der Waals surface area contributed by atoms with E-state index in [0.29, 0.717) is 6.04 Å². The molecule has 0 aliphatic carbocycles. The molecular weight excluding hydrogens is 224 g/mol. The van der Waals surface area contributed by atoms with Crippen LogP contribution in [-0.2, 0) is 0 Å². The molecule has 1 aliphatic heterocycles. The molecule has 4 nitrogen and oxygen atoms in total. The Hall–Kier alpha value is -1.68. The Balaban J connectivity index is 2.01. The first-order valence-electron chi connectivity index (χ1n) is 6.47. The number of aryl methyl sites for hydroxylation is 1. The largest absolute Gasteiger partial charge is 0.356 e. The maximum Gasteiger partial charge on any atom is 0.137 e. The molecule has 0 unspecified atom stereocenters. The second-order valence-electron chi connectivity index (χ2n) is 4.98. The van der Waals surface area contributed by atoms with Gasteiger partial charge in [-0.25, -0.2) is 4.98 Å². The molecule has 3 rings (SSSR count). The van der Waals surface area contributed by atoms with Crippen molar-refractivity contribution >= 4 is 16.7 Å². The zero-order valence-corrected chi connectivity index (χ0v) is 10.6. The summed E-state index contributed by atoms with van der Waals surface area (Å²) in [5, 5.41) is 1.14. The van der Waals surface area contributed by atoms with Crippen LogP contribution < -0.4 is 10.6 Å². The van der Waals surface area contributed by atoms with Gasteiger partial charge >= 0.3 is 0 Å². The fourth-order valence-electron chi connectivity index (χ4n) is 2.50. The zero-order valence-electron chi connectivity index (χ0n) is 10.6. The van der Waals surface area contributed by atoms with Crippen molar-refractivity contribution in [2.45, 2.75) is 25.8 Å². The predicted octanol–water partition coefficient (Wildman–Crippen LogP) is 1.87. The van der Waals surface area contributed by atoms with Crippen molar-refractivity contribution in [3.63, 3.8) is 0 Å². The van der Waals surface area contributed by atoms with Gasteiger partial charge in [0, 0.05) is 36.4 Å². The molecule has 1 fully saturated rings. The highest BCUT2D eigenvalue weighted by molar-refractivity contribution is 5.89. The van der Waals surface area contributed by atoms with Crippen LogP contribution >= 0.6 is 0 Å². The summed E-state index contributed by atoms with van der Waals surface area (Å²) in [6, 6.07) is 6.48. The zero-order chi connectivity index (χ0) is 12.5. The van der Waals surface area contributed by atoms with E-state index in [1.807, 2.05) is 25.3 Å². The first-order valence-corrected chi connectivity index (χ1v) is 6.47. The lowest BCUT2D eigenvalue weighted by Crippen LogP contribution is -2.40. The van der Waals surface area contributed by atoms with Crippen LogP contribution in [0, 0.1) is 6.92 Å². The summed E-state index contributed by atoms with van der Waals surface area (Å²) in [6.45, 7) is 3.99. The molecule has 0 aromatic carbocycles. The van der Waals surface area contributed by atoms with Gasteiger partial charge in [0.1, 0.15) is 5.82 Å². The first kappa shape index (κ1) is 11.4. The predicted molar refractivity (Wildman–Crippen MR) is 73.7 cm³/mol. The third kappa shape index (κ3) is 2.04. The molecule has 3 heterocycles. The number of pyridine rings is 2. The van der Waals surface area contributed by atoms with Crippen LogP contribution in [0.25, 0.3) is 10.9 Å². The molecule has 4 heteroatoms. The van der Waals surface area contributed by atoms with Crippen molar-refractivity contribution in [3.8, 4) is 0 Å². The summed E-state index contributed by atoms with van der Waals surface area (Å²) in [7, 11) is 0. The first-order chi connectivity index (χ1) is 8.74. The van der Waals surface area contributed by atoms with Crippen molar-refractivity contribution in [3.05, 3.63) is 30.1 Å². The Morgan fingerprint density at radius 2 is 2.00 bits per heavy atom. The number of nitrogens with two attached hydrogens (primary N) is 1. The van der Waals surface area contributed by atoms with E-state index in [0.717, 1.165) is 48.3 Å². The summed E-state index contributed by atoms with van der Waals surface area (Å²) in [5.74, 6) is 1.05. The van der Waals surface area contributed by atoms with Crippen molar-refractivity contribution in [1.29, 1.82) is 0 Å². The molecule has 1 aliphatic rings. The van der Waals surface area contributed by atoms with Crippen LogP contribution in [0.4, 0.5) is 5.82 Å². The highest BCUT2D eigenvalue weighted by Gasteiger charge is 2.18. The van der Waals surface area contributed by atoms with Gasteiger partial charge in [-0.2, -0.15) is 0 Å². The molecule has 94 valence electrons. The van der Waals surface area contributed by atoms with Crippen LogP contribution in [-0.4, -0.2) is 29.1 Å². The fourth-order valence-corrected chi connectivity index (χ4v) is 2.50. The van der Waals surface area contributed by atoms with E-state index in [9.17, 15) is 0 Å². The number of rotatable bonds is 1. The molecular formula is C14H18N4. The molecule has 0 atom stereocenters. The lowest BCUT2D eigenvalue weighted by molar-refractivity contribution is 0.499. The maximum absolute atomic E-state index is 5.95. The van der Waals surface area contributed by atoms with Crippen LogP contribution in [0.1, 0.15) is 18.5 Å². The van der Waals surface area contributed by atoms with Crippen LogP contribution in [0.2, 0.25) is 0 Å². The Morgan fingerprint density at radius 1 is 1.22 bits per heavy atom. The molecule has 18 heavy (non-hydrogen) atoms. The minimum Gasteiger partial charge on any atom is -0.356 e. The molecule has 2 aromatic rings. The van der Waals surface area contributed by atoms with Gasteiger partial charge < -0.3 is 10.6 Å². The average Bonchev–Trinajstić information content (AvgIpc) is 2.38. The van der Waals surface area contributed by atoms with Crippen molar-refractivity contribution in [2.24, 2.45) is 5.73 Å². The summed E-state index contributed by atoms with van der Waals surface area (Å²) in [6.07, 6.45) is 3.92. The normalized spacial score (nSPS) is 17.3. The lowest BCUT2D eigenvalue weighted by atomic mass is 10.1. The number of piperidine rings is 1. The molecule has 2 aromatic heterocycles. The van der Waals surface area contributed by atoms with Gasteiger partial charge in [-0.1, -0.05) is 0 Å². The summed E-state index contributed by atoms with van der Waals surface area (Å²) in [5.41, 5.74) is 8.01. The van der Waals surface area contributed by atoms with Crippen LogP contribution in [0.15, 0.2) is 24.4 Å². The Morgan fingerprint density at radius 3 is 2.78 bits per heavy atom. The summed E-state index contributed by atoms with van der Waals surface area (Å²) < 4.78 is 0. The SMILES string of the molecule is Cc1ccc2c(N3CCC(N)CC3)nccc2n1. The van der Waals surface area contributed by atoms with E-state index < -0.39 is 0 Å². The number of hydrogen-bond acceptors (Lipinski definition) is 4. The molecule has 0 amide bonds. The van der Waals surface area contributed by atoms with Crippen molar-refractivity contribution in [1.82, 2.24) is 9.97 Å². The van der Waals surface area contributed by atoms with E-state index in [-0.39, 0.29) is 0 Å². The Bertz CT molecular complexity index is 559. The molecule has 1 saturated heterocycles. The average molecular weight is 242 g/mol. The quantitative estimate of drug-likeness (QED) is 0.829. The topological polar surface area (TPSA) is 55.0 Å². The third-order valence-electron chi connectivity index (χ3n) is 3.57. The standard InChI is InChI=1S/C14H18N4/c1-10-2-3-12-13(17-10)4-7-16-14(12)18-8-5-11(15)6-9-18/h2-4,7,11H,5-6,8-9,15H2,1H3. The Labute approximate surface area is 107 Å². The van der Waals surface area contributed by atoms with E-state index in [1.165, 1.54) is 0 Å². The molecule has 0 spiro atoms. The summed E-state index contributed by atoms with van der Waals surface area (Å²) in [4.78, 5) is 11.4. The van der Waals surface area contributed by atoms with Gasteiger partial charge in [0.2, 0.25) is 0 Å². The molecule has 2 N–H and O–H groups in total. The number of nitrogens with zero attached hydrogens (tertiary/aromatic N) is 3. The van der Waals surface area contributed by atoms with E-state index >= 15 is 0 Å². The maximum atomic E-state index is 5.95. The highest BCUT2D eigenvalue weighted by Crippen LogP contribution is 2.25. The van der Waals surface area contributed by atoms with Crippen molar-refractivity contribution < 1.29 is 0 Å². The number of fused-ring (bicyclic) bond motifs is 1. The van der Waals surface area contributed by atoms with Gasteiger partial charge in [-0.05, 0) is 38.0 Å². The summed E-state index contributed by atoms with van der Waals surface area (Å²) >= 11 is 0. The monoisotopic (exact) mass is 242 g/mol. The second kappa shape index (κ2) is 4.53. The Kier molecular flexibility index (Phi) is 2.88. The van der Waals surface area contributed by atoms with E-state index in [2.05, 4.69) is 20.9 Å². The molecule has 0 radical (unpaired) electrons. The molecule has 0 bridgehead atoms. The number of aromatic nitrogens is 2.